The molecule has 1 amide bonds. The van der Waals surface area contributed by atoms with Gasteiger partial charge in [0.25, 0.3) is 0 Å². The predicted molar refractivity (Wildman–Crippen MR) is 82.9 cm³/mol. The van der Waals surface area contributed by atoms with Gasteiger partial charge >= 0.3 is 129 Å². The number of hydrogen-bond donors (Lipinski definition) is 2. The summed E-state index contributed by atoms with van der Waals surface area (Å²) in [4.78, 5) is 12.3. The number of hydrogen-bond acceptors (Lipinski definition) is 4. The van der Waals surface area contributed by atoms with Gasteiger partial charge in [-0.3, -0.25) is 0 Å². The number of anilines is 2. The molecule has 1 aliphatic heterocycles. The first kappa shape index (κ1) is 13.3. The summed E-state index contributed by atoms with van der Waals surface area (Å²) in [6.45, 7) is 0. The zero-order valence-electron chi connectivity index (χ0n) is 10.1. The van der Waals surface area contributed by atoms with Crippen molar-refractivity contribution in [2.24, 2.45) is 7.92 Å². The summed E-state index contributed by atoms with van der Waals surface area (Å²) in [7, 11) is 0. The minimum absolute atomic E-state index is 0.127. The Hall–Kier alpha value is -1.69. The summed E-state index contributed by atoms with van der Waals surface area (Å²) in [5.41, 5.74) is 8.93. The molecule has 0 fully saturated rings. The van der Waals surface area contributed by atoms with Gasteiger partial charge in [0.1, 0.15) is 0 Å². The topological polar surface area (TPSA) is 79.8 Å². The van der Waals surface area contributed by atoms with Crippen molar-refractivity contribution in [1.82, 2.24) is 0 Å². The number of carbonyl (C=O) groups is 1. The second-order valence-corrected chi connectivity index (χ2v) is 6.15. The summed E-state index contributed by atoms with van der Waals surface area (Å²) in [6.07, 6.45) is 0. The van der Waals surface area contributed by atoms with Crippen LogP contribution in [0.5, 0.6) is 0 Å². The quantitative estimate of drug-likeness (QED) is 0.513. The number of amides is 1. The molecule has 0 saturated carbocycles. The number of rotatable bonds is 2. The van der Waals surface area contributed by atoms with Crippen LogP contribution in [-0.4, -0.2) is 20.5 Å². The molecule has 0 bridgehead atoms. The van der Waals surface area contributed by atoms with Crippen molar-refractivity contribution >= 4 is 59.2 Å². The summed E-state index contributed by atoms with van der Waals surface area (Å²) in [5.74, 6) is -0.258. The van der Waals surface area contributed by atoms with E-state index in [-0.39, 0.29) is 20.5 Å². The van der Waals surface area contributed by atoms with E-state index in [2.05, 4.69) is 29.2 Å². The summed E-state index contributed by atoms with van der Waals surface area (Å²) < 4.78 is 9.41. The van der Waals surface area contributed by atoms with Gasteiger partial charge in [-0.05, 0) is 0 Å². The van der Waals surface area contributed by atoms with Crippen LogP contribution in [0, 0.1) is 0 Å². The second kappa shape index (κ2) is 5.36. The van der Waals surface area contributed by atoms with E-state index in [4.69, 9.17) is 5.73 Å². The van der Waals surface area contributed by atoms with Crippen LogP contribution in [0.15, 0.2) is 48.8 Å². The van der Waals surface area contributed by atoms with Gasteiger partial charge in [0.15, 0.2) is 0 Å². The molecule has 2 aromatic carbocycles. The van der Waals surface area contributed by atoms with Crippen LogP contribution in [0.2, 0.25) is 0 Å². The van der Waals surface area contributed by atoms with Crippen LogP contribution in [-0.2, 0) is 0 Å². The van der Waals surface area contributed by atoms with Crippen LogP contribution >= 0.6 is 15.9 Å². The van der Waals surface area contributed by atoms with E-state index in [9.17, 15) is 4.79 Å². The van der Waals surface area contributed by atoms with Crippen LogP contribution < -0.4 is 11.1 Å². The number of carbonyl (C=O) groups excluding carboxylic acids is 1. The fourth-order valence-electron chi connectivity index (χ4n) is 1.82. The maximum atomic E-state index is 12.3. The van der Waals surface area contributed by atoms with Crippen molar-refractivity contribution in [1.29, 1.82) is 0 Å². The molecule has 0 aromatic heterocycles. The molecule has 0 atom stereocenters. The average Bonchev–Trinajstić information content (AvgIpc) is 2.91. The number of nitrogens with zero attached hydrogens (tertiary/aromatic N) is 2. The molecule has 7 heteroatoms. The standard InChI is InChI=1S/C13H9BrN4OSe/c14-7-4-5-9(15)8(6-7)13(19)16-10-2-1-3-11-12(10)18-20-17-11/h1-6H,15H2,(H,16,19). The van der Waals surface area contributed by atoms with Crippen molar-refractivity contribution in [3.05, 3.63) is 46.4 Å². The van der Waals surface area contributed by atoms with Crippen molar-refractivity contribution in [3.8, 4) is 0 Å². The van der Waals surface area contributed by atoms with Gasteiger partial charge in [0.2, 0.25) is 0 Å². The Balaban J connectivity index is 1.93. The first-order chi connectivity index (χ1) is 9.65. The molecule has 1 heterocycles. The molecule has 100 valence electrons. The predicted octanol–water partition coefficient (Wildman–Crippen LogP) is 3.63. The second-order valence-electron chi connectivity index (χ2n) is 4.12. The fraction of sp³-hybridized carbons (Fsp3) is 0. The Kier molecular flexibility index (Phi) is 3.56. The van der Waals surface area contributed by atoms with Crippen molar-refractivity contribution in [2.45, 2.75) is 0 Å². The maximum absolute atomic E-state index is 12.3. The molecule has 0 spiro atoms. The summed E-state index contributed by atoms with van der Waals surface area (Å²) >= 11 is 3.21. The normalized spacial score (nSPS) is 11.8. The van der Waals surface area contributed by atoms with Crippen LogP contribution in [0.25, 0.3) is 0 Å². The summed E-state index contributed by atoms with van der Waals surface area (Å²) in [5, 5.41) is 2.84. The van der Waals surface area contributed by atoms with Crippen LogP contribution in [0.4, 0.5) is 22.7 Å². The third-order valence-corrected chi connectivity index (χ3v) is 4.43. The Bertz CT molecular complexity index is 784. The van der Waals surface area contributed by atoms with Gasteiger partial charge in [-0.15, -0.1) is 0 Å². The van der Waals surface area contributed by atoms with Gasteiger partial charge in [0.05, 0.1) is 0 Å². The Morgan fingerprint density at radius 2 is 2.10 bits per heavy atom. The number of nitrogen functional groups attached to an aromatic ring is 1. The summed E-state index contributed by atoms with van der Waals surface area (Å²) in [6, 6.07) is 10.7. The van der Waals surface area contributed by atoms with Crippen LogP contribution in [0.3, 0.4) is 0 Å². The van der Waals surface area contributed by atoms with Gasteiger partial charge < -0.3 is 0 Å². The van der Waals surface area contributed by atoms with E-state index < -0.39 is 0 Å². The molecular formula is C13H9BrN4OSe. The van der Waals surface area contributed by atoms with Gasteiger partial charge in [0, 0.05) is 0 Å². The third-order valence-electron chi connectivity index (χ3n) is 2.79. The Labute approximate surface area is 129 Å². The van der Waals surface area contributed by atoms with E-state index >= 15 is 0 Å². The number of nitrogens with one attached hydrogen (secondary N) is 1. The van der Waals surface area contributed by atoms with Crippen molar-refractivity contribution < 1.29 is 4.79 Å². The molecule has 3 N–H and O–H groups in total. The van der Waals surface area contributed by atoms with Crippen molar-refractivity contribution in [2.75, 3.05) is 11.1 Å². The van der Waals surface area contributed by atoms with Gasteiger partial charge in [-0.1, -0.05) is 0 Å². The molecule has 0 radical (unpaired) electrons. The number of nitrogens with two attached hydrogens (primary N) is 1. The Morgan fingerprint density at radius 1 is 1.25 bits per heavy atom. The molecule has 3 rings (SSSR count). The monoisotopic (exact) mass is 396 g/mol. The van der Waals surface area contributed by atoms with E-state index in [0.29, 0.717) is 16.9 Å². The van der Waals surface area contributed by atoms with E-state index in [1.807, 2.05) is 18.2 Å². The first-order valence-electron chi connectivity index (χ1n) is 5.73. The van der Waals surface area contributed by atoms with Crippen molar-refractivity contribution in [3.63, 3.8) is 0 Å². The molecule has 1 aliphatic rings. The number of benzene rings is 2. The zero-order chi connectivity index (χ0) is 14.1. The van der Waals surface area contributed by atoms with E-state index in [1.165, 1.54) is 0 Å². The van der Waals surface area contributed by atoms with Gasteiger partial charge in [-0.25, -0.2) is 0 Å². The molecular weight excluding hydrogens is 387 g/mol. The third kappa shape index (κ3) is 2.47. The first-order valence-corrected chi connectivity index (χ1v) is 8.05. The number of halogens is 1. The van der Waals surface area contributed by atoms with E-state index in [0.717, 1.165) is 15.8 Å². The zero-order valence-corrected chi connectivity index (χ0v) is 13.4. The molecule has 2 aromatic rings. The molecule has 0 unspecified atom stereocenters. The molecule has 5 nitrogen and oxygen atoms in total. The Morgan fingerprint density at radius 3 is 2.95 bits per heavy atom. The minimum atomic E-state index is -0.258. The van der Waals surface area contributed by atoms with Crippen LogP contribution in [0.1, 0.15) is 10.4 Å². The molecule has 0 aliphatic carbocycles. The average molecular weight is 396 g/mol. The molecule has 0 saturated heterocycles. The van der Waals surface area contributed by atoms with E-state index in [1.54, 1.807) is 18.2 Å². The SMILES string of the molecule is Nc1ccc(Br)cc1C(=O)Nc1cccc2c1N=[Se]=N2. The van der Waals surface area contributed by atoms with Gasteiger partial charge in [-0.2, -0.15) is 0 Å². The molecule has 20 heavy (non-hydrogen) atoms. The fourth-order valence-corrected chi connectivity index (χ4v) is 3.34. The number of fused-ring (bicyclic) bond motifs is 1.